The van der Waals surface area contributed by atoms with Crippen molar-refractivity contribution in [3.8, 4) is 0 Å². The summed E-state index contributed by atoms with van der Waals surface area (Å²) in [7, 11) is 0. The zero-order valence-electron chi connectivity index (χ0n) is 10.3. The van der Waals surface area contributed by atoms with Crippen LogP contribution in [0.25, 0.3) is 0 Å². The first kappa shape index (κ1) is 12.9. The van der Waals surface area contributed by atoms with Gasteiger partial charge >= 0.3 is 0 Å². The molecule has 0 radical (unpaired) electrons. The van der Waals surface area contributed by atoms with Crippen LogP contribution in [0.3, 0.4) is 0 Å². The topological polar surface area (TPSA) is 20.3 Å². The zero-order chi connectivity index (χ0) is 11.8. The Labute approximate surface area is 98.3 Å². The molecule has 0 saturated carbocycles. The van der Waals surface area contributed by atoms with E-state index in [1.165, 1.54) is 0 Å². The van der Waals surface area contributed by atoms with Crippen molar-refractivity contribution in [3.05, 3.63) is 35.9 Å². The lowest BCUT2D eigenvalue weighted by Crippen LogP contribution is -2.31. The van der Waals surface area contributed by atoms with Crippen LogP contribution in [0.15, 0.2) is 30.3 Å². The van der Waals surface area contributed by atoms with Gasteiger partial charge in [0, 0.05) is 5.56 Å². The minimum atomic E-state index is 0.225. The predicted molar refractivity (Wildman–Crippen MR) is 67.8 cm³/mol. The van der Waals surface area contributed by atoms with Crippen molar-refractivity contribution in [1.29, 1.82) is 0 Å². The summed E-state index contributed by atoms with van der Waals surface area (Å²) in [6.45, 7) is 6.86. The Hall–Kier alpha value is -1.15. The Balaban J connectivity index is 2.54. The maximum Gasteiger partial charge on any atom is 0.176 e. The summed E-state index contributed by atoms with van der Waals surface area (Å²) in [4.78, 5) is 14.2. The summed E-state index contributed by atoms with van der Waals surface area (Å²) in [5.74, 6) is 0.225. The summed E-state index contributed by atoms with van der Waals surface area (Å²) < 4.78 is 0. The average Bonchev–Trinajstić information content (AvgIpc) is 2.31. The lowest BCUT2D eigenvalue weighted by molar-refractivity contribution is 0.0930. The van der Waals surface area contributed by atoms with Crippen molar-refractivity contribution < 1.29 is 4.79 Å². The number of hydrogen-bond donors (Lipinski definition) is 0. The van der Waals surface area contributed by atoms with Crippen LogP contribution in [0.2, 0.25) is 0 Å². The molecule has 0 aliphatic carbocycles. The number of carbonyl (C=O) groups excluding carboxylic acids is 1. The Morgan fingerprint density at radius 1 is 1.06 bits per heavy atom. The van der Waals surface area contributed by atoms with Gasteiger partial charge in [0.15, 0.2) is 5.78 Å². The highest BCUT2D eigenvalue weighted by Crippen LogP contribution is 2.03. The van der Waals surface area contributed by atoms with E-state index in [0.717, 1.165) is 31.5 Å². The van der Waals surface area contributed by atoms with E-state index >= 15 is 0 Å². The molecule has 0 aliphatic heterocycles. The van der Waals surface area contributed by atoms with E-state index in [9.17, 15) is 4.79 Å². The number of ketones is 1. The van der Waals surface area contributed by atoms with Gasteiger partial charge < -0.3 is 0 Å². The van der Waals surface area contributed by atoms with Crippen LogP contribution < -0.4 is 0 Å². The zero-order valence-corrected chi connectivity index (χ0v) is 10.3. The molecule has 16 heavy (non-hydrogen) atoms. The number of benzene rings is 1. The molecule has 0 amide bonds. The van der Waals surface area contributed by atoms with Gasteiger partial charge in [0.1, 0.15) is 0 Å². The average molecular weight is 219 g/mol. The third kappa shape index (κ3) is 4.15. The van der Waals surface area contributed by atoms with Crippen LogP contribution in [-0.4, -0.2) is 30.3 Å². The maximum atomic E-state index is 12.0. The number of rotatable bonds is 7. The molecule has 0 unspecified atom stereocenters. The van der Waals surface area contributed by atoms with Crippen LogP contribution in [0.1, 0.15) is 37.0 Å². The molecule has 0 bridgehead atoms. The summed E-state index contributed by atoms with van der Waals surface area (Å²) in [5.41, 5.74) is 0.819. The summed E-state index contributed by atoms with van der Waals surface area (Å²) >= 11 is 0. The van der Waals surface area contributed by atoms with Crippen LogP contribution >= 0.6 is 0 Å². The van der Waals surface area contributed by atoms with Crippen molar-refractivity contribution in [1.82, 2.24) is 4.90 Å². The van der Waals surface area contributed by atoms with E-state index in [1.54, 1.807) is 0 Å². The van der Waals surface area contributed by atoms with E-state index in [1.807, 2.05) is 30.3 Å². The molecule has 2 heteroatoms. The van der Waals surface area contributed by atoms with E-state index < -0.39 is 0 Å². The second-order valence-corrected chi connectivity index (χ2v) is 4.07. The quantitative estimate of drug-likeness (QED) is 0.657. The minimum absolute atomic E-state index is 0.225. The van der Waals surface area contributed by atoms with E-state index in [4.69, 9.17) is 0 Å². The molecule has 0 aliphatic rings. The SMILES string of the molecule is CCCN(CCC)CC(=O)c1ccccc1. The van der Waals surface area contributed by atoms with Gasteiger partial charge in [-0.05, 0) is 25.9 Å². The largest absolute Gasteiger partial charge is 0.296 e. The first-order valence-electron chi connectivity index (χ1n) is 6.08. The van der Waals surface area contributed by atoms with Crippen molar-refractivity contribution in [2.75, 3.05) is 19.6 Å². The molecule has 0 spiro atoms. The molecule has 0 fully saturated rings. The molecule has 0 aromatic heterocycles. The second kappa shape index (κ2) is 7.18. The fourth-order valence-corrected chi connectivity index (χ4v) is 1.82. The second-order valence-electron chi connectivity index (χ2n) is 4.07. The van der Waals surface area contributed by atoms with Crippen LogP contribution in [0.5, 0.6) is 0 Å². The molecular weight excluding hydrogens is 198 g/mol. The first-order chi connectivity index (χ1) is 7.77. The van der Waals surface area contributed by atoms with Crippen molar-refractivity contribution in [2.45, 2.75) is 26.7 Å². The Kier molecular flexibility index (Phi) is 5.79. The van der Waals surface area contributed by atoms with Crippen LogP contribution in [0, 0.1) is 0 Å². The standard InChI is InChI=1S/C14H21NO/c1-3-10-15(11-4-2)12-14(16)13-8-6-5-7-9-13/h5-9H,3-4,10-12H2,1-2H3. The fourth-order valence-electron chi connectivity index (χ4n) is 1.82. The highest BCUT2D eigenvalue weighted by Gasteiger charge is 2.10. The Morgan fingerprint density at radius 2 is 1.62 bits per heavy atom. The molecule has 88 valence electrons. The number of Topliss-reactive ketones (excluding diaryl/α,β-unsaturated/α-hetero) is 1. The van der Waals surface area contributed by atoms with Crippen molar-refractivity contribution in [2.24, 2.45) is 0 Å². The van der Waals surface area contributed by atoms with Gasteiger partial charge in [-0.25, -0.2) is 0 Å². The Bertz CT molecular complexity index is 302. The first-order valence-corrected chi connectivity index (χ1v) is 6.08. The van der Waals surface area contributed by atoms with E-state index in [-0.39, 0.29) is 5.78 Å². The third-order valence-electron chi connectivity index (χ3n) is 2.54. The highest BCUT2D eigenvalue weighted by atomic mass is 16.1. The molecule has 0 heterocycles. The molecule has 1 rings (SSSR count). The number of carbonyl (C=O) groups is 1. The highest BCUT2D eigenvalue weighted by molar-refractivity contribution is 5.97. The molecule has 0 atom stereocenters. The van der Waals surface area contributed by atoms with Gasteiger partial charge in [-0.1, -0.05) is 44.2 Å². The van der Waals surface area contributed by atoms with Crippen LogP contribution in [0.4, 0.5) is 0 Å². The van der Waals surface area contributed by atoms with Gasteiger partial charge in [-0.2, -0.15) is 0 Å². The summed E-state index contributed by atoms with van der Waals surface area (Å²) in [5, 5.41) is 0. The summed E-state index contributed by atoms with van der Waals surface area (Å²) in [6, 6.07) is 9.54. The predicted octanol–water partition coefficient (Wildman–Crippen LogP) is 2.99. The minimum Gasteiger partial charge on any atom is -0.296 e. The van der Waals surface area contributed by atoms with E-state index in [2.05, 4.69) is 18.7 Å². The van der Waals surface area contributed by atoms with Gasteiger partial charge in [0.05, 0.1) is 6.54 Å². The fraction of sp³-hybridized carbons (Fsp3) is 0.500. The molecule has 1 aromatic rings. The normalized spacial score (nSPS) is 10.7. The van der Waals surface area contributed by atoms with Crippen LogP contribution in [-0.2, 0) is 0 Å². The van der Waals surface area contributed by atoms with Crippen molar-refractivity contribution in [3.63, 3.8) is 0 Å². The van der Waals surface area contributed by atoms with Gasteiger partial charge in [-0.15, -0.1) is 0 Å². The van der Waals surface area contributed by atoms with Crippen molar-refractivity contribution >= 4 is 5.78 Å². The lowest BCUT2D eigenvalue weighted by Gasteiger charge is -2.19. The maximum absolute atomic E-state index is 12.0. The Morgan fingerprint density at radius 3 is 2.12 bits per heavy atom. The van der Waals surface area contributed by atoms with Gasteiger partial charge in [0.25, 0.3) is 0 Å². The van der Waals surface area contributed by atoms with Gasteiger partial charge in [-0.3, -0.25) is 9.69 Å². The molecule has 0 N–H and O–H groups in total. The number of hydrogen-bond acceptors (Lipinski definition) is 2. The smallest absolute Gasteiger partial charge is 0.176 e. The number of nitrogens with zero attached hydrogens (tertiary/aromatic N) is 1. The molecule has 2 nitrogen and oxygen atoms in total. The molecule has 1 aromatic carbocycles. The van der Waals surface area contributed by atoms with E-state index in [0.29, 0.717) is 6.54 Å². The lowest BCUT2D eigenvalue weighted by atomic mass is 10.1. The van der Waals surface area contributed by atoms with Gasteiger partial charge in [0.2, 0.25) is 0 Å². The molecular formula is C14H21NO. The monoisotopic (exact) mass is 219 g/mol. The summed E-state index contributed by atoms with van der Waals surface area (Å²) in [6.07, 6.45) is 2.20. The third-order valence-corrected chi connectivity index (χ3v) is 2.54. The molecule has 0 saturated heterocycles.